The van der Waals surface area contributed by atoms with Crippen molar-refractivity contribution in [3.63, 3.8) is 0 Å². The van der Waals surface area contributed by atoms with Gasteiger partial charge >= 0.3 is 0 Å². The second kappa shape index (κ2) is 8.33. The predicted molar refractivity (Wildman–Crippen MR) is 122 cm³/mol. The van der Waals surface area contributed by atoms with Crippen molar-refractivity contribution in [1.82, 2.24) is 15.3 Å². The molecule has 3 aromatic heterocycles. The van der Waals surface area contributed by atoms with Crippen molar-refractivity contribution in [2.75, 3.05) is 5.32 Å². The molecule has 0 aliphatic rings. The average Bonchev–Trinajstić information content (AvgIpc) is 3.35. The number of fused-ring (bicyclic) bond motifs is 1. The largest absolute Gasteiger partial charge is 0.351 e. The first-order chi connectivity index (χ1) is 14.4. The number of aryl methyl sites for hydroxylation is 2. The van der Waals surface area contributed by atoms with Crippen molar-refractivity contribution in [3.05, 3.63) is 63.5 Å². The van der Waals surface area contributed by atoms with Crippen LogP contribution in [0.4, 0.5) is 5.13 Å². The topological polar surface area (TPSA) is 84.0 Å². The third-order valence-corrected chi connectivity index (χ3v) is 6.42. The number of hydrogen-bond donors (Lipinski definition) is 2. The molecule has 0 bridgehead atoms. The van der Waals surface area contributed by atoms with Gasteiger partial charge < -0.3 is 5.32 Å². The zero-order valence-corrected chi connectivity index (χ0v) is 18.4. The molecule has 8 heteroatoms. The second-order valence-electron chi connectivity index (χ2n) is 6.99. The van der Waals surface area contributed by atoms with E-state index in [2.05, 4.69) is 20.6 Å². The van der Waals surface area contributed by atoms with Crippen LogP contribution in [0, 0.1) is 13.8 Å². The number of thiazole rings is 1. The third-order valence-electron chi connectivity index (χ3n) is 4.56. The summed E-state index contributed by atoms with van der Waals surface area (Å²) in [5.41, 5.74) is 4.02. The molecule has 0 saturated heterocycles. The van der Waals surface area contributed by atoms with Gasteiger partial charge in [-0.05, 0) is 44.2 Å². The van der Waals surface area contributed by atoms with Gasteiger partial charge in [-0.15, -0.1) is 22.7 Å². The molecular weight excluding hydrogens is 416 g/mol. The van der Waals surface area contributed by atoms with Crippen LogP contribution in [0.3, 0.4) is 0 Å². The number of carbonyl (C=O) groups excluding carboxylic acids is 2. The Kier molecular flexibility index (Phi) is 5.61. The Morgan fingerprint density at radius 2 is 1.90 bits per heavy atom. The quantitative estimate of drug-likeness (QED) is 0.465. The summed E-state index contributed by atoms with van der Waals surface area (Å²) in [5, 5.41) is 9.07. The van der Waals surface area contributed by atoms with Crippen LogP contribution in [0.1, 0.15) is 33.4 Å². The van der Waals surface area contributed by atoms with Crippen LogP contribution in [-0.4, -0.2) is 21.8 Å². The van der Waals surface area contributed by atoms with Gasteiger partial charge in [-0.25, -0.2) is 4.98 Å². The molecule has 0 fully saturated rings. The summed E-state index contributed by atoms with van der Waals surface area (Å²) < 4.78 is 0. The van der Waals surface area contributed by atoms with Crippen molar-refractivity contribution in [3.8, 4) is 10.6 Å². The molecule has 30 heavy (non-hydrogen) atoms. The van der Waals surface area contributed by atoms with Crippen LogP contribution < -0.4 is 10.6 Å². The number of nitrogens with zero attached hydrogens (tertiary/aromatic N) is 2. The Morgan fingerprint density at radius 3 is 2.70 bits per heavy atom. The van der Waals surface area contributed by atoms with Crippen LogP contribution in [0.25, 0.3) is 21.5 Å². The lowest BCUT2D eigenvalue weighted by molar-refractivity contribution is -0.119. The third kappa shape index (κ3) is 4.39. The number of thiophene rings is 1. The minimum Gasteiger partial charge on any atom is -0.351 e. The first-order valence-electron chi connectivity index (χ1n) is 9.37. The molecule has 3 heterocycles. The molecule has 0 aliphatic carbocycles. The number of hydrogen-bond acceptors (Lipinski definition) is 6. The van der Waals surface area contributed by atoms with E-state index >= 15 is 0 Å². The molecule has 4 aromatic rings. The van der Waals surface area contributed by atoms with E-state index in [0.717, 1.165) is 31.9 Å². The van der Waals surface area contributed by atoms with Gasteiger partial charge in [-0.1, -0.05) is 11.6 Å². The fraction of sp³-hybridized carbons (Fsp3) is 0.182. The average molecular weight is 437 g/mol. The standard InChI is InChI=1S/C22H20N4O2S2/c1-12-4-6-18-15(8-12)9-17(13(2)24-18)21(28)26-22-25-19(11-29-22)20-7-5-16(30-20)10-23-14(3)27/h4-9,11H,10H2,1-3H3,(H,23,27)(H,25,26,28). The van der Waals surface area contributed by atoms with Crippen molar-refractivity contribution in [1.29, 1.82) is 0 Å². The molecule has 2 N–H and O–H groups in total. The van der Waals surface area contributed by atoms with E-state index in [4.69, 9.17) is 0 Å². The van der Waals surface area contributed by atoms with Gasteiger partial charge in [0.15, 0.2) is 5.13 Å². The lowest BCUT2D eigenvalue weighted by atomic mass is 10.1. The van der Waals surface area contributed by atoms with Crippen LogP contribution in [0.2, 0.25) is 0 Å². The van der Waals surface area contributed by atoms with Crippen LogP contribution in [0.15, 0.2) is 41.8 Å². The van der Waals surface area contributed by atoms with E-state index in [0.29, 0.717) is 22.9 Å². The fourth-order valence-electron chi connectivity index (χ4n) is 3.05. The van der Waals surface area contributed by atoms with Crippen molar-refractivity contribution >= 4 is 50.5 Å². The summed E-state index contributed by atoms with van der Waals surface area (Å²) in [6.07, 6.45) is 0. The van der Waals surface area contributed by atoms with Crippen LogP contribution >= 0.6 is 22.7 Å². The zero-order chi connectivity index (χ0) is 21.3. The van der Waals surface area contributed by atoms with Crippen LogP contribution in [-0.2, 0) is 11.3 Å². The molecule has 0 spiro atoms. The number of nitrogens with one attached hydrogen (secondary N) is 2. The molecule has 0 unspecified atom stereocenters. The number of amides is 2. The number of carbonyl (C=O) groups is 2. The molecule has 0 radical (unpaired) electrons. The lowest BCUT2D eigenvalue weighted by Gasteiger charge is -2.07. The molecule has 0 atom stereocenters. The zero-order valence-electron chi connectivity index (χ0n) is 16.8. The Bertz CT molecular complexity index is 1260. The minimum absolute atomic E-state index is 0.0581. The molecule has 152 valence electrons. The number of pyridine rings is 1. The number of benzene rings is 1. The maximum atomic E-state index is 12.8. The molecule has 6 nitrogen and oxygen atoms in total. The molecule has 4 rings (SSSR count). The molecule has 0 aliphatic heterocycles. The summed E-state index contributed by atoms with van der Waals surface area (Å²) in [4.78, 5) is 35.1. The smallest absolute Gasteiger partial charge is 0.259 e. The van der Waals surface area contributed by atoms with Gasteiger partial charge in [0.25, 0.3) is 5.91 Å². The van der Waals surface area contributed by atoms with E-state index in [-0.39, 0.29) is 11.8 Å². The highest BCUT2D eigenvalue weighted by molar-refractivity contribution is 7.17. The number of rotatable bonds is 5. The van der Waals surface area contributed by atoms with E-state index in [1.54, 1.807) is 11.3 Å². The van der Waals surface area contributed by atoms with E-state index in [9.17, 15) is 9.59 Å². The maximum absolute atomic E-state index is 12.8. The minimum atomic E-state index is -0.221. The Hall–Kier alpha value is -3.10. The highest BCUT2D eigenvalue weighted by Crippen LogP contribution is 2.31. The van der Waals surface area contributed by atoms with Gasteiger partial charge in [0, 0.05) is 22.6 Å². The van der Waals surface area contributed by atoms with Crippen molar-refractivity contribution in [2.45, 2.75) is 27.3 Å². The molecule has 2 amide bonds. The predicted octanol–water partition coefficient (Wildman–Crippen LogP) is 4.93. The second-order valence-corrected chi connectivity index (χ2v) is 9.01. The maximum Gasteiger partial charge on any atom is 0.259 e. The summed E-state index contributed by atoms with van der Waals surface area (Å²) in [5.74, 6) is -0.279. The lowest BCUT2D eigenvalue weighted by Crippen LogP contribution is -2.17. The highest BCUT2D eigenvalue weighted by atomic mass is 32.1. The van der Waals surface area contributed by atoms with E-state index in [1.807, 2.05) is 55.6 Å². The first kappa shape index (κ1) is 20.2. The van der Waals surface area contributed by atoms with E-state index in [1.165, 1.54) is 18.3 Å². The van der Waals surface area contributed by atoms with Crippen LogP contribution in [0.5, 0.6) is 0 Å². The monoisotopic (exact) mass is 436 g/mol. The van der Waals surface area contributed by atoms with Gasteiger partial charge in [0.2, 0.25) is 5.91 Å². The Labute approximate surface area is 182 Å². The summed E-state index contributed by atoms with van der Waals surface area (Å²) in [6.45, 7) is 5.85. The summed E-state index contributed by atoms with van der Waals surface area (Å²) >= 11 is 2.95. The van der Waals surface area contributed by atoms with Gasteiger partial charge in [-0.2, -0.15) is 0 Å². The SMILES string of the molecule is CC(=O)NCc1ccc(-c2csc(NC(=O)c3cc4cc(C)ccc4nc3C)n2)s1. The van der Waals surface area contributed by atoms with Crippen molar-refractivity contribution in [2.24, 2.45) is 0 Å². The molecule has 0 saturated carbocycles. The van der Waals surface area contributed by atoms with Gasteiger partial charge in [-0.3, -0.25) is 19.9 Å². The Morgan fingerprint density at radius 1 is 1.07 bits per heavy atom. The Balaban J connectivity index is 1.51. The molecule has 1 aromatic carbocycles. The summed E-state index contributed by atoms with van der Waals surface area (Å²) in [7, 11) is 0. The number of anilines is 1. The molecular formula is C22H20N4O2S2. The van der Waals surface area contributed by atoms with Gasteiger partial charge in [0.1, 0.15) is 0 Å². The van der Waals surface area contributed by atoms with Gasteiger partial charge in [0.05, 0.1) is 33.9 Å². The fourth-order valence-corrected chi connectivity index (χ4v) is 4.74. The highest BCUT2D eigenvalue weighted by Gasteiger charge is 2.15. The first-order valence-corrected chi connectivity index (χ1v) is 11.1. The normalized spacial score (nSPS) is 10.9. The van der Waals surface area contributed by atoms with Crippen molar-refractivity contribution < 1.29 is 9.59 Å². The number of aromatic nitrogens is 2. The summed E-state index contributed by atoms with van der Waals surface area (Å²) in [6, 6.07) is 11.8. The van der Waals surface area contributed by atoms with E-state index < -0.39 is 0 Å².